The Bertz CT molecular complexity index is 939. The van der Waals surface area contributed by atoms with E-state index in [1.165, 1.54) is 22.2 Å². The van der Waals surface area contributed by atoms with Gasteiger partial charge in [-0.05, 0) is 48.9 Å². The van der Waals surface area contributed by atoms with Crippen LogP contribution in [0.3, 0.4) is 0 Å². The lowest BCUT2D eigenvalue weighted by Gasteiger charge is -2.19. The summed E-state index contributed by atoms with van der Waals surface area (Å²) in [5, 5.41) is 18.6. The van der Waals surface area contributed by atoms with Gasteiger partial charge in [0, 0.05) is 41.4 Å². The van der Waals surface area contributed by atoms with Gasteiger partial charge in [-0.25, -0.2) is 0 Å². The highest BCUT2D eigenvalue weighted by Gasteiger charge is 2.22. The topological polar surface area (TPSA) is 59.9 Å². The fourth-order valence-corrected chi connectivity index (χ4v) is 4.93. The Balaban J connectivity index is 1.31. The van der Waals surface area contributed by atoms with E-state index in [2.05, 4.69) is 76.0 Å². The molecule has 2 heterocycles. The molecule has 3 N–H and O–H groups in total. The summed E-state index contributed by atoms with van der Waals surface area (Å²) < 4.78 is 1.20. The number of hydrogen-bond donors (Lipinski definition) is 3. The number of guanidine groups is 1. The maximum atomic E-state index is 10.6. The molecule has 1 fully saturated rings. The van der Waals surface area contributed by atoms with Crippen molar-refractivity contribution in [3.05, 3.63) is 65.5 Å². The molecule has 2 aromatic carbocycles. The van der Waals surface area contributed by atoms with Crippen LogP contribution < -0.4 is 15.5 Å². The molecule has 2 unspecified atom stereocenters. The van der Waals surface area contributed by atoms with Crippen LogP contribution in [0.5, 0.6) is 0 Å². The molecule has 0 aliphatic carbocycles. The number of para-hydroxylation sites is 1. The van der Waals surface area contributed by atoms with Gasteiger partial charge in [-0.2, -0.15) is 0 Å². The molecule has 2 atom stereocenters. The number of hydrogen-bond acceptors (Lipinski definition) is 4. The van der Waals surface area contributed by atoms with Gasteiger partial charge >= 0.3 is 0 Å². The van der Waals surface area contributed by atoms with E-state index >= 15 is 0 Å². The Morgan fingerprint density at radius 2 is 1.97 bits per heavy atom. The fraction of sp³-hybridized carbons (Fsp3) is 0.375. The number of aliphatic hydroxyl groups is 1. The maximum Gasteiger partial charge on any atom is 0.191 e. The van der Waals surface area contributed by atoms with Crippen LogP contribution in [0.2, 0.25) is 0 Å². The van der Waals surface area contributed by atoms with Crippen LogP contribution in [-0.4, -0.2) is 43.8 Å². The van der Waals surface area contributed by atoms with Gasteiger partial charge in [-0.3, -0.25) is 4.99 Å². The molecule has 1 aromatic heterocycles. The van der Waals surface area contributed by atoms with Crippen molar-refractivity contribution in [2.75, 3.05) is 37.6 Å². The van der Waals surface area contributed by atoms with Gasteiger partial charge < -0.3 is 20.6 Å². The van der Waals surface area contributed by atoms with Gasteiger partial charge in [0.2, 0.25) is 0 Å². The number of anilines is 1. The number of rotatable bonds is 7. The molecule has 6 heteroatoms. The van der Waals surface area contributed by atoms with Crippen LogP contribution in [-0.2, 0) is 0 Å². The number of benzene rings is 2. The first kappa shape index (κ1) is 20.7. The Morgan fingerprint density at radius 1 is 1.17 bits per heavy atom. The SMILES string of the molecule is CCNC(=NCC(O)c1cc2ccccc2s1)NCC1CCN(c2ccccc2)C1. The predicted molar refractivity (Wildman–Crippen MR) is 128 cm³/mol. The Labute approximate surface area is 182 Å². The molecule has 158 valence electrons. The first-order valence-corrected chi connectivity index (χ1v) is 11.5. The summed E-state index contributed by atoms with van der Waals surface area (Å²) in [6.07, 6.45) is 0.587. The Kier molecular flexibility index (Phi) is 6.87. The second-order valence-corrected chi connectivity index (χ2v) is 8.85. The smallest absolute Gasteiger partial charge is 0.191 e. The molecule has 0 saturated carbocycles. The van der Waals surface area contributed by atoms with Gasteiger partial charge in [0.05, 0.1) is 6.54 Å². The van der Waals surface area contributed by atoms with Crippen molar-refractivity contribution in [3.63, 3.8) is 0 Å². The van der Waals surface area contributed by atoms with Gasteiger partial charge in [-0.15, -0.1) is 11.3 Å². The summed E-state index contributed by atoms with van der Waals surface area (Å²) >= 11 is 1.64. The molecule has 0 radical (unpaired) electrons. The van der Waals surface area contributed by atoms with E-state index in [9.17, 15) is 5.11 Å². The molecule has 1 saturated heterocycles. The lowest BCUT2D eigenvalue weighted by atomic mass is 10.1. The minimum atomic E-state index is -0.585. The Hall–Kier alpha value is -2.57. The molecule has 3 aromatic rings. The second kappa shape index (κ2) is 9.96. The summed E-state index contributed by atoms with van der Waals surface area (Å²) in [7, 11) is 0. The van der Waals surface area contributed by atoms with Crippen molar-refractivity contribution in [1.29, 1.82) is 0 Å². The van der Waals surface area contributed by atoms with Crippen molar-refractivity contribution >= 4 is 33.1 Å². The van der Waals surface area contributed by atoms with Crippen LogP contribution in [0, 0.1) is 5.92 Å². The summed E-state index contributed by atoms with van der Waals surface area (Å²) in [5.41, 5.74) is 1.30. The van der Waals surface area contributed by atoms with Crippen molar-refractivity contribution in [3.8, 4) is 0 Å². The van der Waals surface area contributed by atoms with E-state index in [0.717, 1.165) is 37.0 Å². The third-order valence-corrected chi connectivity index (χ3v) is 6.72. The zero-order valence-corrected chi connectivity index (χ0v) is 18.2. The summed E-state index contributed by atoms with van der Waals surface area (Å²) in [4.78, 5) is 8.04. The van der Waals surface area contributed by atoms with Crippen LogP contribution >= 0.6 is 11.3 Å². The van der Waals surface area contributed by atoms with Crippen molar-refractivity contribution in [1.82, 2.24) is 10.6 Å². The molecular formula is C24H30N4OS. The van der Waals surface area contributed by atoms with Crippen LogP contribution in [0.15, 0.2) is 65.7 Å². The highest BCUT2D eigenvalue weighted by molar-refractivity contribution is 7.19. The Morgan fingerprint density at radius 3 is 2.77 bits per heavy atom. The highest BCUT2D eigenvalue weighted by Crippen LogP contribution is 2.30. The first-order valence-electron chi connectivity index (χ1n) is 10.7. The molecule has 0 bridgehead atoms. The normalized spacial score (nSPS) is 18.0. The number of aliphatic hydroxyl groups excluding tert-OH is 1. The lowest BCUT2D eigenvalue weighted by molar-refractivity contribution is 0.191. The summed E-state index contributed by atoms with van der Waals surface area (Å²) in [6, 6.07) is 20.9. The second-order valence-electron chi connectivity index (χ2n) is 7.74. The molecule has 30 heavy (non-hydrogen) atoms. The third-order valence-electron chi connectivity index (χ3n) is 5.50. The minimum Gasteiger partial charge on any atom is -0.386 e. The van der Waals surface area contributed by atoms with E-state index in [4.69, 9.17) is 0 Å². The predicted octanol–water partition coefficient (Wildman–Crippen LogP) is 4.02. The largest absolute Gasteiger partial charge is 0.386 e. The number of aliphatic imine (C=N–C) groups is 1. The molecule has 5 nitrogen and oxygen atoms in total. The number of nitrogens with zero attached hydrogens (tertiary/aromatic N) is 2. The fourth-order valence-electron chi connectivity index (χ4n) is 3.89. The highest BCUT2D eigenvalue weighted by atomic mass is 32.1. The molecule has 1 aliphatic rings. The molecule has 4 rings (SSSR count). The minimum absolute atomic E-state index is 0.350. The maximum absolute atomic E-state index is 10.6. The lowest BCUT2D eigenvalue weighted by Crippen LogP contribution is -2.40. The third kappa shape index (κ3) is 5.12. The molecule has 0 spiro atoms. The van der Waals surface area contributed by atoms with E-state index in [0.29, 0.717) is 12.5 Å². The van der Waals surface area contributed by atoms with E-state index in [-0.39, 0.29) is 0 Å². The van der Waals surface area contributed by atoms with Crippen LogP contribution in [0.25, 0.3) is 10.1 Å². The monoisotopic (exact) mass is 422 g/mol. The van der Waals surface area contributed by atoms with Crippen LogP contribution in [0.4, 0.5) is 5.69 Å². The van der Waals surface area contributed by atoms with Gasteiger partial charge in [-0.1, -0.05) is 36.4 Å². The molecule has 1 aliphatic heterocycles. The quantitative estimate of drug-likeness (QED) is 0.398. The molecular weight excluding hydrogens is 392 g/mol. The standard InChI is InChI=1S/C24H30N4OS/c1-2-25-24(26-15-18-12-13-28(17-18)20-9-4-3-5-10-20)27-16-21(29)23-14-19-8-6-7-11-22(19)30-23/h3-11,14,18,21,29H,2,12-13,15-17H2,1H3,(H2,25,26,27). The summed E-state index contributed by atoms with van der Waals surface area (Å²) in [6.45, 7) is 6.24. The zero-order chi connectivity index (χ0) is 20.8. The number of thiophene rings is 1. The van der Waals surface area contributed by atoms with Gasteiger partial charge in [0.15, 0.2) is 5.96 Å². The average molecular weight is 423 g/mol. The van der Waals surface area contributed by atoms with Gasteiger partial charge in [0.1, 0.15) is 6.10 Å². The molecule has 0 amide bonds. The summed E-state index contributed by atoms with van der Waals surface area (Å²) in [5.74, 6) is 1.36. The number of fused-ring (bicyclic) bond motifs is 1. The first-order chi connectivity index (χ1) is 14.7. The van der Waals surface area contributed by atoms with Crippen molar-refractivity contribution < 1.29 is 5.11 Å². The van der Waals surface area contributed by atoms with E-state index in [1.807, 2.05) is 12.1 Å². The van der Waals surface area contributed by atoms with Gasteiger partial charge in [0.25, 0.3) is 0 Å². The zero-order valence-electron chi connectivity index (χ0n) is 17.4. The number of nitrogens with one attached hydrogen (secondary N) is 2. The van der Waals surface area contributed by atoms with E-state index < -0.39 is 6.10 Å². The van der Waals surface area contributed by atoms with Crippen molar-refractivity contribution in [2.45, 2.75) is 19.4 Å². The van der Waals surface area contributed by atoms with E-state index in [1.54, 1.807) is 11.3 Å². The van der Waals surface area contributed by atoms with Crippen molar-refractivity contribution in [2.24, 2.45) is 10.9 Å². The average Bonchev–Trinajstić information content (AvgIpc) is 3.43. The van der Waals surface area contributed by atoms with Crippen LogP contribution in [0.1, 0.15) is 24.3 Å².